The second kappa shape index (κ2) is 8.54. The monoisotopic (exact) mass is 407 g/mol. The summed E-state index contributed by atoms with van der Waals surface area (Å²) in [6, 6.07) is 28.4. The Labute approximate surface area is 181 Å². The van der Waals surface area contributed by atoms with Crippen LogP contribution in [0.1, 0.15) is 0 Å². The Morgan fingerprint density at radius 1 is 0.839 bits per heavy atom. The maximum Gasteiger partial charge on any atom is 0.177 e. The molecule has 0 radical (unpaired) electrons. The lowest BCUT2D eigenvalue weighted by Gasteiger charge is -2.12. The highest BCUT2D eigenvalue weighted by Gasteiger charge is 2.13. The van der Waals surface area contributed by atoms with Crippen molar-refractivity contribution in [2.45, 2.75) is 12.6 Å². The van der Waals surface area contributed by atoms with Crippen LogP contribution in [0.4, 0.5) is 0 Å². The molecule has 0 saturated carbocycles. The van der Waals surface area contributed by atoms with E-state index < -0.39 is 6.10 Å². The van der Waals surface area contributed by atoms with Gasteiger partial charge < -0.3 is 9.84 Å². The SMILES string of the molecule is O[C@H](COc1cccc(-c2cccc3cccnc23)c1)C[n+]1ccc2ccccc2c1. The van der Waals surface area contributed by atoms with Crippen molar-refractivity contribution < 1.29 is 14.4 Å². The highest BCUT2D eigenvalue weighted by Crippen LogP contribution is 2.29. The predicted molar refractivity (Wildman–Crippen MR) is 123 cm³/mol. The third kappa shape index (κ3) is 4.25. The van der Waals surface area contributed by atoms with Gasteiger partial charge in [0, 0.05) is 28.6 Å². The highest BCUT2D eigenvalue weighted by molar-refractivity contribution is 5.93. The molecule has 5 rings (SSSR count). The van der Waals surface area contributed by atoms with E-state index in [1.54, 1.807) is 0 Å². The van der Waals surface area contributed by atoms with E-state index in [9.17, 15) is 5.11 Å². The molecule has 0 aliphatic carbocycles. The van der Waals surface area contributed by atoms with Gasteiger partial charge >= 0.3 is 0 Å². The molecule has 0 saturated heterocycles. The third-order valence-corrected chi connectivity index (χ3v) is 5.39. The summed E-state index contributed by atoms with van der Waals surface area (Å²) in [5, 5.41) is 13.9. The van der Waals surface area contributed by atoms with E-state index >= 15 is 0 Å². The van der Waals surface area contributed by atoms with Gasteiger partial charge in [-0.05, 0) is 35.2 Å². The minimum atomic E-state index is -0.617. The lowest BCUT2D eigenvalue weighted by atomic mass is 10.0. The van der Waals surface area contributed by atoms with Crippen molar-refractivity contribution in [2.24, 2.45) is 0 Å². The first-order valence-corrected chi connectivity index (χ1v) is 10.4. The zero-order chi connectivity index (χ0) is 21.0. The second-order valence-electron chi connectivity index (χ2n) is 7.64. The molecule has 0 bridgehead atoms. The molecule has 0 aliphatic heterocycles. The number of ether oxygens (including phenoxy) is 1. The van der Waals surface area contributed by atoms with Gasteiger partial charge in [0.2, 0.25) is 0 Å². The minimum absolute atomic E-state index is 0.219. The van der Waals surface area contributed by atoms with E-state index in [4.69, 9.17) is 4.74 Å². The summed E-state index contributed by atoms with van der Waals surface area (Å²) in [7, 11) is 0. The molecule has 0 amide bonds. The lowest BCUT2D eigenvalue weighted by Crippen LogP contribution is -2.41. The first-order chi connectivity index (χ1) is 15.3. The Morgan fingerprint density at radius 2 is 1.65 bits per heavy atom. The summed E-state index contributed by atoms with van der Waals surface area (Å²) in [5.74, 6) is 0.730. The van der Waals surface area contributed by atoms with Gasteiger partial charge in [0.05, 0.1) is 5.52 Å². The number of aliphatic hydroxyl groups excluding tert-OH is 1. The molecule has 4 heteroatoms. The van der Waals surface area contributed by atoms with Crippen molar-refractivity contribution in [1.82, 2.24) is 4.98 Å². The van der Waals surface area contributed by atoms with Gasteiger partial charge in [-0.25, -0.2) is 4.57 Å². The van der Waals surface area contributed by atoms with E-state index in [0.29, 0.717) is 6.54 Å². The summed E-state index contributed by atoms with van der Waals surface area (Å²) in [6.07, 6.45) is 5.23. The van der Waals surface area contributed by atoms with Crippen molar-refractivity contribution in [3.63, 3.8) is 0 Å². The fourth-order valence-electron chi connectivity index (χ4n) is 3.87. The number of fused-ring (bicyclic) bond motifs is 2. The molecular formula is C27H23N2O2+. The molecular weight excluding hydrogens is 384 g/mol. The molecule has 2 aromatic heterocycles. The van der Waals surface area contributed by atoms with Crippen molar-refractivity contribution in [1.29, 1.82) is 0 Å². The Bertz CT molecular complexity index is 1340. The maximum atomic E-state index is 10.5. The van der Waals surface area contributed by atoms with Crippen molar-refractivity contribution >= 4 is 21.7 Å². The van der Waals surface area contributed by atoms with Crippen LogP contribution in [0.5, 0.6) is 5.75 Å². The van der Waals surface area contributed by atoms with Crippen LogP contribution in [0.15, 0.2) is 104 Å². The Hall–Kier alpha value is -3.76. The van der Waals surface area contributed by atoms with Crippen LogP contribution < -0.4 is 9.30 Å². The molecule has 0 spiro atoms. The van der Waals surface area contributed by atoms with Gasteiger partial charge in [-0.1, -0.05) is 54.6 Å². The van der Waals surface area contributed by atoms with Crippen LogP contribution in [0.25, 0.3) is 32.8 Å². The van der Waals surface area contributed by atoms with Gasteiger partial charge in [-0.3, -0.25) is 4.98 Å². The smallest absolute Gasteiger partial charge is 0.177 e. The number of benzene rings is 3. The molecule has 4 nitrogen and oxygen atoms in total. The van der Waals surface area contributed by atoms with E-state index in [1.807, 2.05) is 65.6 Å². The summed E-state index contributed by atoms with van der Waals surface area (Å²) in [5.41, 5.74) is 3.07. The van der Waals surface area contributed by atoms with Crippen LogP contribution in [-0.2, 0) is 6.54 Å². The minimum Gasteiger partial charge on any atom is -0.491 e. The number of rotatable bonds is 6. The van der Waals surface area contributed by atoms with Crippen LogP contribution >= 0.6 is 0 Å². The average Bonchev–Trinajstić information content (AvgIpc) is 2.82. The number of aromatic nitrogens is 2. The molecule has 1 N–H and O–H groups in total. The summed E-state index contributed by atoms with van der Waals surface area (Å²) in [4.78, 5) is 4.55. The molecule has 1 atom stereocenters. The third-order valence-electron chi connectivity index (χ3n) is 5.39. The molecule has 3 aromatic carbocycles. The maximum absolute atomic E-state index is 10.5. The zero-order valence-corrected chi connectivity index (χ0v) is 17.1. The molecule has 0 unspecified atom stereocenters. The van der Waals surface area contributed by atoms with Gasteiger partial charge in [0.15, 0.2) is 18.9 Å². The lowest BCUT2D eigenvalue weighted by molar-refractivity contribution is -0.702. The zero-order valence-electron chi connectivity index (χ0n) is 17.1. The molecule has 31 heavy (non-hydrogen) atoms. The number of nitrogens with zero attached hydrogens (tertiary/aromatic N) is 2. The normalized spacial score (nSPS) is 12.2. The topological polar surface area (TPSA) is 46.2 Å². The first-order valence-electron chi connectivity index (χ1n) is 10.4. The molecule has 2 heterocycles. The quantitative estimate of drug-likeness (QED) is 0.412. The van der Waals surface area contributed by atoms with Crippen molar-refractivity contribution in [3.8, 4) is 16.9 Å². The van der Waals surface area contributed by atoms with Crippen LogP contribution in [0.3, 0.4) is 0 Å². The molecule has 5 aromatic rings. The number of para-hydroxylation sites is 1. The second-order valence-corrected chi connectivity index (χ2v) is 7.64. The predicted octanol–water partition coefficient (Wildman–Crippen LogP) is 4.78. The van der Waals surface area contributed by atoms with E-state index in [2.05, 4.69) is 47.4 Å². The molecule has 0 aliphatic rings. The summed E-state index contributed by atoms with van der Waals surface area (Å²) < 4.78 is 7.91. The Balaban J connectivity index is 1.29. The largest absolute Gasteiger partial charge is 0.491 e. The number of aliphatic hydroxyl groups is 1. The number of hydrogen-bond donors (Lipinski definition) is 1. The van der Waals surface area contributed by atoms with E-state index in [0.717, 1.165) is 33.2 Å². The van der Waals surface area contributed by atoms with E-state index in [1.165, 1.54) is 5.39 Å². The Morgan fingerprint density at radius 3 is 2.58 bits per heavy atom. The van der Waals surface area contributed by atoms with Crippen molar-refractivity contribution in [3.05, 3.63) is 104 Å². The summed E-state index contributed by atoms with van der Waals surface area (Å²) >= 11 is 0. The standard InChI is InChI=1S/C27H23N2O2/c30-24(18-29-15-13-20-6-1-2-7-23(20)17-29)19-31-25-11-3-9-22(16-25)26-12-4-8-21-10-5-14-28-27(21)26/h1-17,24,30H,18-19H2/q+1/t24-/m0/s1. The fraction of sp³-hybridized carbons (Fsp3) is 0.111. The molecule has 152 valence electrons. The molecule has 0 fully saturated rings. The summed E-state index contributed by atoms with van der Waals surface area (Å²) in [6.45, 7) is 0.689. The Kier molecular flexibility index (Phi) is 5.29. The van der Waals surface area contributed by atoms with Gasteiger partial charge in [-0.2, -0.15) is 0 Å². The van der Waals surface area contributed by atoms with Gasteiger partial charge in [0.25, 0.3) is 0 Å². The van der Waals surface area contributed by atoms with Crippen molar-refractivity contribution in [2.75, 3.05) is 6.61 Å². The van der Waals surface area contributed by atoms with Crippen LogP contribution in [0, 0.1) is 0 Å². The number of hydrogen-bond acceptors (Lipinski definition) is 3. The average molecular weight is 407 g/mol. The van der Waals surface area contributed by atoms with Gasteiger partial charge in [0.1, 0.15) is 18.5 Å². The van der Waals surface area contributed by atoms with Gasteiger partial charge in [-0.15, -0.1) is 0 Å². The van der Waals surface area contributed by atoms with E-state index in [-0.39, 0.29) is 6.61 Å². The number of pyridine rings is 2. The fourth-order valence-corrected chi connectivity index (χ4v) is 3.87. The first kappa shape index (κ1) is 19.2. The highest BCUT2D eigenvalue weighted by atomic mass is 16.5. The van der Waals surface area contributed by atoms with Crippen LogP contribution in [0.2, 0.25) is 0 Å². The van der Waals surface area contributed by atoms with Crippen LogP contribution in [-0.4, -0.2) is 22.8 Å².